The van der Waals surface area contributed by atoms with E-state index in [2.05, 4.69) is 14.9 Å². The van der Waals surface area contributed by atoms with Gasteiger partial charge in [-0.25, -0.2) is 13.1 Å². The van der Waals surface area contributed by atoms with Gasteiger partial charge < -0.3 is 0 Å². The van der Waals surface area contributed by atoms with Crippen LogP contribution in [0.5, 0.6) is 0 Å². The van der Waals surface area contributed by atoms with Crippen LogP contribution in [0.2, 0.25) is 0 Å². The van der Waals surface area contributed by atoms with Crippen molar-refractivity contribution in [2.24, 2.45) is 0 Å². The molecule has 2 aromatic heterocycles. The lowest BCUT2D eigenvalue weighted by molar-refractivity contribution is 0.584. The van der Waals surface area contributed by atoms with E-state index in [1.54, 1.807) is 4.52 Å². The molecule has 0 atom stereocenters. The van der Waals surface area contributed by atoms with Crippen LogP contribution in [0.1, 0.15) is 5.82 Å². The van der Waals surface area contributed by atoms with E-state index in [1.807, 2.05) is 54.6 Å². The minimum atomic E-state index is -3.33. The van der Waals surface area contributed by atoms with Gasteiger partial charge in [0.15, 0.2) is 11.5 Å². The molecular weight excluding hydrogens is 338 g/mol. The van der Waals surface area contributed by atoms with Gasteiger partial charge in [-0.1, -0.05) is 54.6 Å². The molecule has 4 aromatic rings. The van der Waals surface area contributed by atoms with Crippen molar-refractivity contribution in [3.05, 3.63) is 60.4 Å². The average molecular weight is 353 g/mol. The smallest absolute Gasteiger partial charge is 0.209 e. The second kappa shape index (κ2) is 5.91. The highest BCUT2D eigenvalue weighted by molar-refractivity contribution is 7.88. The number of sulfonamides is 1. The predicted molar refractivity (Wildman–Crippen MR) is 95.4 cm³/mol. The third kappa shape index (κ3) is 2.97. The maximum absolute atomic E-state index is 11.4. The summed E-state index contributed by atoms with van der Waals surface area (Å²) in [7, 11) is -3.33. The first kappa shape index (κ1) is 15.7. The highest BCUT2D eigenvalue weighted by Crippen LogP contribution is 2.28. The molecule has 0 saturated carbocycles. The van der Waals surface area contributed by atoms with Crippen molar-refractivity contribution < 1.29 is 8.42 Å². The lowest BCUT2D eigenvalue weighted by atomic mass is 10.1. The number of hydrogen-bond acceptors (Lipinski definition) is 5. The lowest BCUT2D eigenvalue weighted by Crippen LogP contribution is -2.23. The topological polar surface area (TPSA) is 89.2 Å². The molecule has 0 bridgehead atoms. The molecule has 0 fully saturated rings. The average Bonchev–Trinajstić information content (AvgIpc) is 3.03. The predicted octanol–water partition coefficient (Wildman–Crippen LogP) is 1.99. The van der Waals surface area contributed by atoms with E-state index in [4.69, 9.17) is 5.10 Å². The van der Waals surface area contributed by atoms with Crippen LogP contribution in [0.15, 0.2) is 54.6 Å². The van der Waals surface area contributed by atoms with Crippen LogP contribution in [0.3, 0.4) is 0 Å². The van der Waals surface area contributed by atoms with Crippen molar-refractivity contribution >= 4 is 26.4 Å². The Morgan fingerprint density at radius 1 is 0.960 bits per heavy atom. The van der Waals surface area contributed by atoms with Crippen LogP contribution in [0, 0.1) is 0 Å². The lowest BCUT2D eigenvalue weighted by Gasteiger charge is -2.08. The van der Waals surface area contributed by atoms with E-state index in [9.17, 15) is 8.42 Å². The van der Waals surface area contributed by atoms with Crippen molar-refractivity contribution in [2.75, 3.05) is 6.26 Å². The molecule has 2 aromatic carbocycles. The minimum absolute atomic E-state index is 0.0274. The van der Waals surface area contributed by atoms with Crippen molar-refractivity contribution in [3.8, 4) is 11.3 Å². The largest absolute Gasteiger partial charge is 0.213 e. The molecule has 0 unspecified atom stereocenters. The number of benzene rings is 2. The Morgan fingerprint density at radius 3 is 2.36 bits per heavy atom. The zero-order valence-electron chi connectivity index (χ0n) is 13.4. The van der Waals surface area contributed by atoms with E-state index >= 15 is 0 Å². The molecule has 0 aliphatic carbocycles. The fourth-order valence-electron chi connectivity index (χ4n) is 2.74. The monoisotopic (exact) mass is 353 g/mol. The molecule has 0 radical (unpaired) electrons. The molecule has 0 aliphatic heterocycles. The van der Waals surface area contributed by atoms with E-state index in [0.29, 0.717) is 11.5 Å². The molecule has 25 heavy (non-hydrogen) atoms. The van der Waals surface area contributed by atoms with Crippen LogP contribution in [-0.4, -0.2) is 34.5 Å². The zero-order chi connectivity index (χ0) is 17.4. The number of nitrogens with zero attached hydrogens (tertiary/aromatic N) is 4. The van der Waals surface area contributed by atoms with Gasteiger partial charge in [0.2, 0.25) is 10.0 Å². The van der Waals surface area contributed by atoms with Crippen molar-refractivity contribution in [2.45, 2.75) is 6.54 Å². The van der Waals surface area contributed by atoms with Gasteiger partial charge in [-0.15, -0.1) is 10.2 Å². The SMILES string of the molecule is CS(=O)(=O)NCc1nnc2c3ccccc3c(-c3ccccc3)nn12. The maximum atomic E-state index is 11.4. The Bertz CT molecular complexity index is 1170. The van der Waals surface area contributed by atoms with Crippen molar-refractivity contribution in [1.29, 1.82) is 0 Å². The molecule has 7 nitrogen and oxygen atoms in total. The molecule has 0 spiro atoms. The van der Waals surface area contributed by atoms with Crippen LogP contribution in [0.4, 0.5) is 0 Å². The van der Waals surface area contributed by atoms with Crippen molar-refractivity contribution in [3.63, 3.8) is 0 Å². The summed E-state index contributed by atoms with van der Waals surface area (Å²) in [5.41, 5.74) is 2.36. The standard InChI is InChI=1S/C17H15N5O2S/c1-25(23,24)18-11-15-19-20-17-14-10-6-5-9-13(14)16(21-22(15)17)12-7-3-2-4-8-12/h2-10,18H,11H2,1H3. The molecule has 0 amide bonds. The zero-order valence-corrected chi connectivity index (χ0v) is 14.2. The third-order valence-corrected chi connectivity index (χ3v) is 4.54. The normalized spacial score (nSPS) is 12.0. The molecular formula is C17H15N5O2S. The fraction of sp³-hybridized carbons (Fsp3) is 0.118. The Morgan fingerprint density at radius 2 is 1.64 bits per heavy atom. The number of fused-ring (bicyclic) bond motifs is 3. The summed E-state index contributed by atoms with van der Waals surface area (Å²) in [4.78, 5) is 0. The number of hydrogen-bond donors (Lipinski definition) is 1. The summed E-state index contributed by atoms with van der Waals surface area (Å²) in [5.74, 6) is 0.434. The first-order valence-electron chi connectivity index (χ1n) is 7.66. The second-order valence-corrected chi connectivity index (χ2v) is 7.54. The first-order chi connectivity index (χ1) is 12.0. The van der Waals surface area contributed by atoms with Crippen LogP contribution in [0.25, 0.3) is 27.7 Å². The third-order valence-electron chi connectivity index (χ3n) is 3.87. The fourth-order valence-corrected chi connectivity index (χ4v) is 3.13. The Hall–Kier alpha value is -2.84. The van der Waals surface area contributed by atoms with Gasteiger partial charge in [0.25, 0.3) is 0 Å². The van der Waals surface area contributed by atoms with Crippen LogP contribution < -0.4 is 4.72 Å². The Labute approximate surface area is 144 Å². The maximum Gasteiger partial charge on any atom is 0.209 e. The van der Waals surface area contributed by atoms with Crippen molar-refractivity contribution in [1.82, 2.24) is 24.5 Å². The van der Waals surface area contributed by atoms with Gasteiger partial charge in [0.05, 0.1) is 18.5 Å². The van der Waals surface area contributed by atoms with Gasteiger partial charge >= 0.3 is 0 Å². The van der Waals surface area contributed by atoms with Crippen LogP contribution >= 0.6 is 0 Å². The summed E-state index contributed by atoms with van der Waals surface area (Å²) in [6, 6.07) is 17.7. The summed E-state index contributed by atoms with van der Waals surface area (Å²) in [6.07, 6.45) is 1.11. The molecule has 0 saturated heterocycles. The molecule has 2 heterocycles. The summed E-state index contributed by atoms with van der Waals surface area (Å²) in [6.45, 7) is 0.0274. The molecule has 126 valence electrons. The van der Waals surface area contributed by atoms with E-state index < -0.39 is 10.0 Å². The van der Waals surface area contributed by atoms with E-state index in [0.717, 1.165) is 28.3 Å². The van der Waals surface area contributed by atoms with Gasteiger partial charge in [0.1, 0.15) is 0 Å². The Balaban J connectivity index is 1.97. The van der Waals surface area contributed by atoms with Gasteiger partial charge in [-0.05, 0) is 0 Å². The quantitative estimate of drug-likeness (QED) is 0.606. The molecule has 4 rings (SSSR count). The van der Waals surface area contributed by atoms with E-state index in [1.165, 1.54) is 0 Å². The second-order valence-electron chi connectivity index (χ2n) is 5.71. The summed E-state index contributed by atoms with van der Waals surface area (Å²) in [5, 5.41) is 14.9. The molecule has 0 aliphatic rings. The first-order valence-corrected chi connectivity index (χ1v) is 9.55. The van der Waals surface area contributed by atoms with E-state index in [-0.39, 0.29) is 6.54 Å². The number of nitrogens with one attached hydrogen (secondary N) is 1. The highest BCUT2D eigenvalue weighted by atomic mass is 32.2. The Kier molecular flexibility index (Phi) is 3.70. The number of aromatic nitrogens is 4. The summed E-state index contributed by atoms with van der Waals surface area (Å²) < 4.78 is 26.8. The summed E-state index contributed by atoms with van der Waals surface area (Å²) >= 11 is 0. The highest BCUT2D eigenvalue weighted by Gasteiger charge is 2.15. The van der Waals surface area contributed by atoms with Gasteiger partial charge in [-0.3, -0.25) is 0 Å². The minimum Gasteiger partial charge on any atom is -0.213 e. The van der Waals surface area contributed by atoms with Gasteiger partial charge in [0, 0.05) is 16.3 Å². The van der Waals surface area contributed by atoms with Crippen LogP contribution in [-0.2, 0) is 16.6 Å². The number of rotatable bonds is 4. The molecule has 8 heteroatoms. The van der Waals surface area contributed by atoms with Gasteiger partial charge in [-0.2, -0.15) is 9.61 Å². The molecule has 1 N–H and O–H groups in total.